The van der Waals surface area contributed by atoms with Crippen LogP contribution in [0.2, 0.25) is 0 Å². The number of piperazine rings is 1. The Balaban J connectivity index is 1.51. The Bertz CT molecular complexity index is 629. The van der Waals surface area contributed by atoms with Crippen LogP contribution in [0.15, 0.2) is 24.3 Å². The Hall–Kier alpha value is -1.95. The van der Waals surface area contributed by atoms with Crippen molar-refractivity contribution in [3.63, 3.8) is 0 Å². The molecule has 1 unspecified atom stereocenters. The average Bonchev–Trinajstić information content (AvgIpc) is 2.62. The predicted molar refractivity (Wildman–Crippen MR) is 93.8 cm³/mol. The third-order valence-corrected chi connectivity index (χ3v) is 5.25. The highest BCUT2D eigenvalue weighted by Crippen LogP contribution is 2.17. The SMILES string of the molecule is CC1CCCCN1C(=O)CN1CCN(C(=O)c2ccccc2F)CC1. The summed E-state index contributed by atoms with van der Waals surface area (Å²) in [5.41, 5.74) is 0.120. The third-order valence-electron chi connectivity index (χ3n) is 5.25. The van der Waals surface area contributed by atoms with E-state index in [4.69, 9.17) is 0 Å². The first-order chi connectivity index (χ1) is 12.1. The van der Waals surface area contributed by atoms with Crippen molar-refractivity contribution in [2.24, 2.45) is 0 Å². The van der Waals surface area contributed by atoms with Crippen LogP contribution in [0.5, 0.6) is 0 Å². The van der Waals surface area contributed by atoms with E-state index in [0.717, 1.165) is 19.4 Å². The van der Waals surface area contributed by atoms with Crippen molar-refractivity contribution in [1.82, 2.24) is 14.7 Å². The van der Waals surface area contributed by atoms with Crippen molar-refractivity contribution < 1.29 is 14.0 Å². The van der Waals surface area contributed by atoms with Gasteiger partial charge in [0, 0.05) is 38.8 Å². The highest BCUT2D eigenvalue weighted by atomic mass is 19.1. The summed E-state index contributed by atoms with van der Waals surface area (Å²) >= 11 is 0. The highest BCUT2D eigenvalue weighted by Gasteiger charge is 2.28. The van der Waals surface area contributed by atoms with Crippen molar-refractivity contribution in [3.8, 4) is 0 Å². The van der Waals surface area contributed by atoms with Gasteiger partial charge in [-0.3, -0.25) is 14.5 Å². The van der Waals surface area contributed by atoms with Gasteiger partial charge in [0.05, 0.1) is 12.1 Å². The first kappa shape index (κ1) is 17.9. The molecule has 0 radical (unpaired) electrons. The van der Waals surface area contributed by atoms with E-state index >= 15 is 0 Å². The molecule has 2 aliphatic rings. The van der Waals surface area contributed by atoms with Crippen molar-refractivity contribution in [3.05, 3.63) is 35.6 Å². The van der Waals surface area contributed by atoms with Gasteiger partial charge in [-0.1, -0.05) is 12.1 Å². The van der Waals surface area contributed by atoms with Crippen LogP contribution in [0.4, 0.5) is 4.39 Å². The standard InChI is InChI=1S/C19H26FN3O2/c1-15-6-4-5-9-23(15)18(24)14-21-10-12-22(13-11-21)19(25)16-7-2-3-8-17(16)20/h2-3,7-8,15H,4-6,9-14H2,1H3. The number of carbonyl (C=O) groups is 2. The van der Waals surface area contributed by atoms with Crippen LogP contribution in [0.3, 0.4) is 0 Å². The minimum absolute atomic E-state index is 0.120. The van der Waals surface area contributed by atoms with Crippen LogP contribution in [0.25, 0.3) is 0 Å². The molecule has 25 heavy (non-hydrogen) atoms. The zero-order valence-corrected chi connectivity index (χ0v) is 14.8. The second-order valence-corrected chi connectivity index (χ2v) is 6.98. The predicted octanol–water partition coefficient (Wildman–Crippen LogP) is 1.98. The van der Waals surface area contributed by atoms with E-state index in [1.165, 1.54) is 18.6 Å². The molecule has 0 saturated carbocycles. The number of benzene rings is 1. The van der Waals surface area contributed by atoms with E-state index in [2.05, 4.69) is 11.8 Å². The van der Waals surface area contributed by atoms with Gasteiger partial charge in [-0.25, -0.2) is 4.39 Å². The summed E-state index contributed by atoms with van der Waals surface area (Å²) in [5.74, 6) is -0.570. The zero-order valence-electron chi connectivity index (χ0n) is 14.8. The molecule has 1 aromatic rings. The molecule has 0 bridgehead atoms. The Labute approximate surface area is 148 Å². The Morgan fingerprint density at radius 2 is 1.80 bits per heavy atom. The van der Waals surface area contributed by atoms with Gasteiger partial charge in [0.25, 0.3) is 5.91 Å². The van der Waals surface area contributed by atoms with E-state index < -0.39 is 5.82 Å². The molecule has 0 aliphatic carbocycles. The van der Waals surface area contributed by atoms with Crippen molar-refractivity contribution in [1.29, 1.82) is 0 Å². The lowest BCUT2D eigenvalue weighted by molar-refractivity contribution is -0.136. The van der Waals surface area contributed by atoms with Gasteiger partial charge in [-0.05, 0) is 38.3 Å². The van der Waals surface area contributed by atoms with Gasteiger partial charge in [-0.2, -0.15) is 0 Å². The lowest BCUT2D eigenvalue weighted by Crippen LogP contribution is -2.53. The molecule has 2 fully saturated rings. The molecular weight excluding hydrogens is 321 g/mol. The summed E-state index contributed by atoms with van der Waals surface area (Å²) in [4.78, 5) is 30.7. The van der Waals surface area contributed by atoms with Crippen LogP contribution in [0.1, 0.15) is 36.5 Å². The topological polar surface area (TPSA) is 43.9 Å². The monoisotopic (exact) mass is 347 g/mol. The van der Waals surface area contributed by atoms with Crippen molar-refractivity contribution in [2.75, 3.05) is 39.3 Å². The number of amides is 2. The first-order valence-corrected chi connectivity index (χ1v) is 9.12. The summed E-state index contributed by atoms with van der Waals surface area (Å²) in [6.45, 7) is 5.72. The van der Waals surface area contributed by atoms with Gasteiger partial charge in [0.1, 0.15) is 5.82 Å². The molecule has 6 heteroatoms. The van der Waals surface area contributed by atoms with Crippen LogP contribution in [-0.4, -0.2) is 71.8 Å². The lowest BCUT2D eigenvalue weighted by Gasteiger charge is -2.38. The molecule has 3 rings (SSSR count). The summed E-state index contributed by atoms with van der Waals surface area (Å²) in [6.07, 6.45) is 3.36. The average molecular weight is 347 g/mol. The highest BCUT2D eigenvalue weighted by molar-refractivity contribution is 5.94. The van der Waals surface area contributed by atoms with Crippen LogP contribution >= 0.6 is 0 Å². The molecule has 1 atom stereocenters. The third kappa shape index (κ3) is 4.18. The number of nitrogens with zero attached hydrogens (tertiary/aromatic N) is 3. The number of hydrogen-bond acceptors (Lipinski definition) is 3. The quantitative estimate of drug-likeness (QED) is 0.840. The fraction of sp³-hybridized carbons (Fsp3) is 0.579. The molecular formula is C19H26FN3O2. The summed E-state index contributed by atoms with van der Waals surface area (Å²) in [6, 6.07) is 6.40. The summed E-state index contributed by atoms with van der Waals surface area (Å²) in [5, 5.41) is 0. The molecule has 136 valence electrons. The van der Waals surface area contributed by atoms with Crippen LogP contribution in [0, 0.1) is 5.82 Å². The largest absolute Gasteiger partial charge is 0.339 e. The lowest BCUT2D eigenvalue weighted by atomic mass is 10.0. The molecule has 0 N–H and O–H groups in total. The Morgan fingerprint density at radius 3 is 2.48 bits per heavy atom. The fourth-order valence-corrected chi connectivity index (χ4v) is 3.66. The van der Waals surface area contributed by atoms with E-state index in [1.807, 2.05) is 4.90 Å². The van der Waals surface area contributed by atoms with Gasteiger partial charge in [-0.15, -0.1) is 0 Å². The van der Waals surface area contributed by atoms with Gasteiger partial charge in [0.2, 0.25) is 5.91 Å². The Morgan fingerprint density at radius 1 is 1.08 bits per heavy atom. The number of piperidine rings is 1. The summed E-state index contributed by atoms with van der Waals surface area (Å²) < 4.78 is 13.8. The van der Waals surface area contributed by atoms with Crippen molar-refractivity contribution >= 4 is 11.8 Å². The molecule has 0 spiro atoms. The maximum atomic E-state index is 13.8. The number of likely N-dealkylation sites (tertiary alicyclic amines) is 1. The van der Waals surface area contributed by atoms with Crippen LogP contribution < -0.4 is 0 Å². The number of halogens is 1. The number of rotatable bonds is 3. The van der Waals surface area contributed by atoms with E-state index in [-0.39, 0.29) is 17.4 Å². The second-order valence-electron chi connectivity index (χ2n) is 6.98. The van der Waals surface area contributed by atoms with Gasteiger partial charge in [0.15, 0.2) is 0 Å². The minimum Gasteiger partial charge on any atom is -0.339 e. The molecule has 0 aromatic heterocycles. The molecule has 2 saturated heterocycles. The molecule has 5 nitrogen and oxygen atoms in total. The smallest absolute Gasteiger partial charge is 0.256 e. The molecule has 2 heterocycles. The maximum absolute atomic E-state index is 13.8. The minimum atomic E-state index is -0.482. The molecule has 2 aliphatic heterocycles. The second kappa shape index (κ2) is 7.95. The number of hydrogen-bond donors (Lipinski definition) is 0. The zero-order chi connectivity index (χ0) is 17.8. The van der Waals surface area contributed by atoms with E-state index in [0.29, 0.717) is 38.8 Å². The summed E-state index contributed by atoms with van der Waals surface area (Å²) in [7, 11) is 0. The van der Waals surface area contributed by atoms with Crippen LogP contribution in [-0.2, 0) is 4.79 Å². The fourth-order valence-electron chi connectivity index (χ4n) is 3.66. The van der Waals surface area contributed by atoms with E-state index in [9.17, 15) is 14.0 Å². The van der Waals surface area contributed by atoms with Gasteiger partial charge >= 0.3 is 0 Å². The first-order valence-electron chi connectivity index (χ1n) is 9.12. The normalized spacial score (nSPS) is 22.1. The van der Waals surface area contributed by atoms with E-state index in [1.54, 1.807) is 17.0 Å². The maximum Gasteiger partial charge on any atom is 0.256 e. The Kier molecular flexibility index (Phi) is 5.68. The molecule has 2 amide bonds. The number of carbonyl (C=O) groups excluding carboxylic acids is 2. The van der Waals surface area contributed by atoms with Gasteiger partial charge < -0.3 is 9.80 Å². The van der Waals surface area contributed by atoms with Crippen molar-refractivity contribution in [2.45, 2.75) is 32.2 Å². The molecule has 1 aromatic carbocycles.